The lowest BCUT2D eigenvalue weighted by Gasteiger charge is -2.21. The Morgan fingerprint density at radius 1 is 1.19 bits per heavy atom. The van der Waals surface area contributed by atoms with Crippen molar-refractivity contribution in [3.8, 4) is 11.1 Å². The number of fused-ring (bicyclic) bond motifs is 1. The molecule has 0 unspecified atom stereocenters. The van der Waals surface area contributed by atoms with E-state index in [0.29, 0.717) is 34.6 Å². The minimum absolute atomic E-state index is 0.247. The highest BCUT2D eigenvalue weighted by Crippen LogP contribution is 2.34. The van der Waals surface area contributed by atoms with Crippen LogP contribution in [0.4, 0.5) is 11.4 Å². The van der Waals surface area contributed by atoms with Crippen molar-refractivity contribution in [3.05, 3.63) is 42.6 Å². The van der Waals surface area contributed by atoms with Gasteiger partial charge in [0.25, 0.3) is 0 Å². The van der Waals surface area contributed by atoms with Gasteiger partial charge in [-0.15, -0.1) is 0 Å². The third-order valence-electron chi connectivity index (χ3n) is 4.46. The summed E-state index contributed by atoms with van der Waals surface area (Å²) >= 11 is 0. The highest BCUT2D eigenvalue weighted by atomic mass is 32.2. The Morgan fingerprint density at radius 2 is 2.00 bits per heavy atom. The fourth-order valence-corrected chi connectivity index (χ4v) is 4.39. The third-order valence-corrected chi connectivity index (χ3v) is 5.99. The minimum atomic E-state index is -3.64. The maximum atomic E-state index is 12.3. The molecule has 9 nitrogen and oxygen atoms in total. The van der Waals surface area contributed by atoms with Crippen LogP contribution in [0, 0.1) is 0 Å². The van der Waals surface area contributed by atoms with E-state index in [4.69, 9.17) is 5.73 Å². The Hall–Kier alpha value is -2.73. The largest absolute Gasteiger partial charge is 0.488 e. The van der Waals surface area contributed by atoms with E-state index >= 15 is 0 Å². The molecular formula is C16H16BN5O4S. The zero-order valence-corrected chi connectivity index (χ0v) is 14.9. The molecule has 0 aliphatic carbocycles. The SMILES string of the molecule is Nc1cnnc2cc(-c3cc(B(O)O)ccc3N3CCNS3(=O)=O)ccc12. The number of nitrogens with zero attached hydrogens (tertiary/aromatic N) is 3. The monoisotopic (exact) mass is 385 g/mol. The highest BCUT2D eigenvalue weighted by Gasteiger charge is 2.30. The van der Waals surface area contributed by atoms with Gasteiger partial charge in [-0.25, -0.2) is 0 Å². The fraction of sp³-hybridized carbons (Fsp3) is 0.125. The molecule has 138 valence electrons. The number of benzene rings is 2. The minimum Gasteiger partial charge on any atom is -0.423 e. The third kappa shape index (κ3) is 3.10. The van der Waals surface area contributed by atoms with E-state index in [9.17, 15) is 18.5 Å². The summed E-state index contributed by atoms with van der Waals surface area (Å²) in [5.74, 6) is 0. The molecule has 0 atom stereocenters. The zero-order valence-electron chi connectivity index (χ0n) is 14.1. The van der Waals surface area contributed by atoms with E-state index in [-0.39, 0.29) is 12.0 Å². The topological polar surface area (TPSA) is 142 Å². The average Bonchev–Trinajstić information content (AvgIpc) is 3.00. The Bertz CT molecular complexity index is 1140. The summed E-state index contributed by atoms with van der Waals surface area (Å²) in [7, 11) is -5.32. The van der Waals surface area contributed by atoms with Gasteiger partial charge >= 0.3 is 17.3 Å². The highest BCUT2D eigenvalue weighted by molar-refractivity contribution is 7.91. The molecule has 0 spiro atoms. The van der Waals surface area contributed by atoms with Crippen LogP contribution in [0.25, 0.3) is 22.0 Å². The van der Waals surface area contributed by atoms with Gasteiger partial charge in [0.05, 0.1) is 23.1 Å². The predicted molar refractivity (Wildman–Crippen MR) is 103 cm³/mol. The lowest BCUT2D eigenvalue weighted by molar-refractivity contribution is 0.426. The maximum absolute atomic E-state index is 12.3. The summed E-state index contributed by atoms with van der Waals surface area (Å²) in [5, 5.41) is 27.7. The number of anilines is 2. The summed E-state index contributed by atoms with van der Waals surface area (Å²) in [6.07, 6.45) is 1.46. The summed E-state index contributed by atoms with van der Waals surface area (Å²) in [5.41, 5.74) is 8.80. The molecule has 3 aromatic rings. The zero-order chi connectivity index (χ0) is 19.2. The van der Waals surface area contributed by atoms with E-state index < -0.39 is 17.3 Å². The molecule has 1 aliphatic rings. The number of aromatic nitrogens is 2. The van der Waals surface area contributed by atoms with Gasteiger partial charge in [-0.3, -0.25) is 4.31 Å². The number of nitrogens with two attached hydrogens (primary N) is 1. The number of nitrogen functional groups attached to an aromatic ring is 1. The molecule has 1 aliphatic heterocycles. The lowest BCUT2D eigenvalue weighted by Crippen LogP contribution is -2.32. The van der Waals surface area contributed by atoms with Crippen LogP contribution in [-0.4, -0.2) is 48.9 Å². The molecule has 2 aromatic carbocycles. The second-order valence-corrected chi connectivity index (χ2v) is 7.83. The molecule has 5 N–H and O–H groups in total. The molecule has 27 heavy (non-hydrogen) atoms. The lowest BCUT2D eigenvalue weighted by atomic mass is 9.78. The predicted octanol–water partition coefficient (Wildman–Crippen LogP) is -0.787. The summed E-state index contributed by atoms with van der Waals surface area (Å²) in [6.45, 7) is 0.572. The van der Waals surface area contributed by atoms with Crippen molar-refractivity contribution in [3.63, 3.8) is 0 Å². The molecule has 0 bridgehead atoms. The molecule has 2 heterocycles. The van der Waals surface area contributed by atoms with Gasteiger partial charge in [-0.05, 0) is 29.2 Å². The number of rotatable bonds is 3. The Balaban J connectivity index is 1.93. The van der Waals surface area contributed by atoms with Crippen LogP contribution >= 0.6 is 0 Å². The number of nitrogens with one attached hydrogen (secondary N) is 1. The first-order chi connectivity index (χ1) is 12.9. The van der Waals surface area contributed by atoms with Crippen molar-refractivity contribution >= 4 is 45.1 Å². The first-order valence-electron chi connectivity index (χ1n) is 8.15. The van der Waals surface area contributed by atoms with Crippen molar-refractivity contribution in [2.45, 2.75) is 0 Å². The fourth-order valence-electron chi connectivity index (χ4n) is 3.14. The first-order valence-corrected chi connectivity index (χ1v) is 9.59. The Labute approximate surface area is 155 Å². The van der Waals surface area contributed by atoms with Crippen molar-refractivity contribution in [2.24, 2.45) is 0 Å². The summed E-state index contributed by atoms with van der Waals surface area (Å²) < 4.78 is 28.3. The van der Waals surface area contributed by atoms with Gasteiger partial charge in [0.15, 0.2) is 0 Å². The number of hydrogen-bond donors (Lipinski definition) is 4. The average molecular weight is 385 g/mol. The van der Waals surface area contributed by atoms with Crippen LogP contribution in [0.3, 0.4) is 0 Å². The standard InChI is InChI=1S/C16H16BN5O4S/c18-14-9-19-21-15-7-10(1-3-12(14)15)13-8-11(17(23)24)2-4-16(13)22-6-5-20-27(22,25)26/h1-4,7-9,20,23-24H,5-6H2,(H2,18,21). The van der Waals surface area contributed by atoms with Crippen molar-refractivity contribution in [2.75, 3.05) is 23.1 Å². The molecule has 1 saturated heterocycles. The van der Waals surface area contributed by atoms with E-state index in [0.717, 1.165) is 5.39 Å². The molecular weight excluding hydrogens is 369 g/mol. The van der Waals surface area contributed by atoms with Gasteiger partial charge in [-0.1, -0.05) is 18.2 Å². The van der Waals surface area contributed by atoms with E-state index in [2.05, 4.69) is 14.9 Å². The summed E-state index contributed by atoms with van der Waals surface area (Å²) in [4.78, 5) is 0. The smallest absolute Gasteiger partial charge is 0.423 e. The quantitative estimate of drug-likeness (QED) is 0.433. The van der Waals surface area contributed by atoms with Gasteiger partial charge < -0.3 is 15.8 Å². The van der Waals surface area contributed by atoms with Crippen molar-refractivity contribution < 1.29 is 18.5 Å². The van der Waals surface area contributed by atoms with Crippen molar-refractivity contribution in [1.29, 1.82) is 0 Å². The Kier molecular flexibility index (Phi) is 4.23. The van der Waals surface area contributed by atoms with Crippen LogP contribution in [0.15, 0.2) is 42.6 Å². The summed E-state index contributed by atoms with van der Waals surface area (Å²) in [6, 6.07) is 9.89. The Morgan fingerprint density at radius 3 is 2.70 bits per heavy atom. The molecule has 0 saturated carbocycles. The van der Waals surface area contributed by atoms with Crippen LogP contribution in [0.1, 0.15) is 0 Å². The number of hydrogen-bond acceptors (Lipinski definition) is 7. The molecule has 1 fully saturated rings. The molecule has 1 aromatic heterocycles. The van der Waals surface area contributed by atoms with Gasteiger partial charge in [0.2, 0.25) is 0 Å². The second kappa shape index (κ2) is 6.46. The van der Waals surface area contributed by atoms with E-state index in [1.807, 2.05) is 0 Å². The molecule has 0 radical (unpaired) electrons. The van der Waals surface area contributed by atoms with Gasteiger partial charge in [-0.2, -0.15) is 23.3 Å². The van der Waals surface area contributed by atoms with Gasteiger partial charge in [0.1, 0.15) is 0 Å². The van der Waals surface area contributed by atoms with Crippen LogP contribution in [-0.2, 0) is 10.2 Å². The molecule has 0 amide bonds. The van der Waals surface area contributed by atoms with Crippen LogP contribution in [0.2, 0.25) is 0 Å². The first kappa shape index (κ1) is 17.7. The van der Waals surface area contributed by atoms with Crippen molar-refractivity contribution in [1.82, 2.24) is 14.9 Å². The molecule has 11 heteroatoms. The van der Waals surface area contributed by atoms with Crippen LogP contribution in [0.5, 0.6) is 0 Å². The normalized spacial score (nSPS) is 16.0. The van der Waals surface area contributed by atoms with Gasteiger partial charge in [0, 0.05) is 24.0 Å². The maximum Gasteiger partial charge on any atom is 0.488 e. The molecule has 4 rings (SSSR count). The van der Waals surface area contributed by atoms with E-state index in [1.54, 1.807) is 30.3 Å². The van der Waals surface area contributed by atoms with E-state index in [1.165, 1.54) is 16.6 Å². The second-order valence-electron chi connectivity index (χ2n) is 6.15. The van der Waals surface area contributed by atoms with Crippen LogP contribution < -0.4 is 20.2 Å².